The molecule has 10 nitrogen and oxygen atoms in total. The maximum Gasteiger partial charge on any atom is 0.239 e. The molecule has 0 bridgehead atoms. The predicted octanol–water partition coefficient (Wildman–Crippen LogP) is 2.95. The van der Waals surface area contributed by atoms with Gasteiger partial charge in [0, 0.05) is 43.7 Å². The molecule has 1 N–H and O–H groups in total. The van der Waals surface area contributed by atoms with Gasteiger partial charge in [0.1, 0.15) is 5.69 Å². The van der Waals surface area contributed by atoms with E-state index in [0.717, 1.165) is 59.4 Å². The lowest BCUT2D eigenvalue weighted by molar-refractivity contribution is -0.128. The van der Waals surface area contributed by atoms with Crippen LogP contribution >= 0.6 is 0 Å². The first kappa shape index (κ1) is 23.2. The van der Waals surface area contributed by atoms with Crippen molar-refractivity contribution in [3.8, 4) is 22.5 Å². The molecule has 0 spiro atoms. The van der Waals surface area contributed by atoms with Crippen LogP contribution in [-0.4, -0.2) is 71.1 Å². The molecule has 1 fully saturated rings. The van der Waals surface area contributed by atoms with Crippen LogP contribution in [0.15, 0.2) is 37.2 Å². The Morgan fingerprint density at radius 3 is 2.60 bits per heavy atom. The number of nitrogens with one attached hydrogen (secondary N) is 1. The second-order valence-corrected chi connectivity index (χ2v) is 9.32. The lowest BCUT2D eigenvalue weighted by Gasteiger charge is -2.12. The van der Waals surface area contributed by atoms with E-state index in [2.05, 4.69) is 47.6 Å². The normalized spacial score (nSPS) is 16.3. The molecule has 0 radical (unpaired) electrons. The summed E-state index contributed by atoms with van der Waals surface area (Å²) in [5.41, 5.74) is 5.63. The van der Waals surface area contributed by atoms with Gasteiger partial charge in [0.25, 0.3) is 0 Å². The minimum absolute atomic E-state index is 0.0920. The molecule has 0 aliphatic carbocycles. The number of hydrogen-bond acceptors (Lipinski definition) is 6. The summed E-state index contributed by atoms with van der Waals surface area (Å²) in [6.07, 6.45) is 14.5. The molecule has 5 rings (SSSR count). The van der Waals surface area contributed by atoms with Crippen LogP contribution in [-0.2, 0) is 11.3 Å². The van der Waals surface area contributed by atoms with E-state index in [9.17, 15) is 4.79 Å². The lowest BCUT2D eigenvalue weighted by Crippen LogP contribution is -2.38. The first-order valence-electron chi connectivity index (χ1n) is 12.4. The Bertz CT molecular complexity index is 1330. The van der Waals surface area contributed by atoms with Crippen molar-refractivity contribution in [1.82, 2.24) is 44.4 Å². The van der Waals surface area contributed by atoms with Crippen LogP contribution in [0.1, 0.15) is 44.7 Å². The average molecular weight is 476 g/mol. The summed E-state index contributed by atoms with van der Waals surface area (Å²) in [6.45, 7) is 8.58. The number of carbonyl (C=O) groups excluding carboxylic acids is 1. The van der Waals surface area contributed by atoms with Gasteiger partial charge >= 0.3 is 0 Å². The molecule has 1 amide bonds. The van der Waals surface area contributed by atoms with Crippen LogP contribution in [0.5, 0.6) is 0 Å². The van der Waals surface area contributed by atoms with E-state index in [1.54, 1.807) is 4.90 Å². The molecule has 35 heavy (non-hydrogen) atoms. The van der Waals surface area contributed by atoms with Gasteiger partial charge in [-0.3, -0.25) is 14.2 Å². The van der Waals surface area contributed by atoms with Crippen molar-refractivity contribution in [2.75, 3.05) is 20.1 Å². The number of likely N-dealkylation sites (N-methyl/N-ethyl adjacent to an activating group) is 1. The van der Waals surface area contributed by atoms with Crippen molar-refractivity contribution in [1.29, 1.82) is 0 Å². The van der Waals surface area contributed by atoms with Crippen molar-refractivity contribution in [2.24, 2.45) is 0 Å². The minimum Gasteiger partial charge on any atom is -0.344 e. The number of rotatable bonds is 9. The monoisotopic (exact) mass is 475 g/mol. The molecular weight excluding hydrogens is 442 g/mol. The molecule has 4 aromatic rings. The highest BCUT2D eigenvalue weighted by Crippen LogP contribution is 2.29. The molecular formula is C25H33N9O. The van der Waals surface area contributed by atoms with Gasteiger partial charge in [0.15, 0.2) is 0 Å². The summed E-state index contributed by atoms with van der Waals surface area (Å²) in [4.78, 5) is 18.9. The number of hydrogen-bond donors (Lipinski definition) is 1. The van der Waals surface area contributed by atoms with E-state index < -0.39 is 0 Å². The van der Waals surface area contributed by atoms with E-state index in [1.165, 1.54) is 0 Å². The SMILES string of the molecule is CCC(CC)n1cc(-c2nc(-c3cnn(CCN[C@H]4CCN(C)C4=O)c3)cn3ncc(C)c23)cn1. The van der Waals surface area contributed by atoms with Crippen molar-refractivity contribution >= 4 is 11.4 Å². The molecule has 0 unspecified atom stereocenters. The molecule has 0 saturated carbocycles. The Morgan fingerprint density at radius 2 is 1.86 bits per heavy atom. The number of likely N-dealkylation sites (tertiary alicyclic amines) is 1. The molecule has 1 atom stereocenters. The van der Waals surface area contributed by atoms with Crippen LogP contribution in [0.2, 0.25) is 0 Å². The van der Waals surface area contributed by atoms with Crippen molar-refractivity contribution in [2.45, 2.75) is 58.7 Å². The van der Waals surface area contributed by atoms with Crippen molar-refractivity contribution in [3.63, 3.8) is 0 Å². The zero-order chi connectivity index (χ0) is 24.5. The summed E-state index contributed by atoms with van der Waals surface area (Å²) < 4.78 is 5.82. The second kappa shape index (κ2) is 9.61. The van der Waals surface area contributed by atoms with E-state index >= 15 is 0 Å². The Hall–Kier alpha value is -3.53. The maximum atomic E-state index is 12.1. The molecule has 1 saturated heterocycles. The number of carbonyl (C=O) groups is 1. The van der Waals surface area contributed by atoms with Crippen LogP contribution in [0.4, 0.5) is 0 Å². The maximum absolute atomic E-state index is 12.1. The van der Waals surface area contributed by atoms with Crippen molar-refractivity contribution < 1.29 is 4.79 Å². The Kier molecular flexibility index (Phi) is 6.38. The molecule has 1 aliphatic rings. The fourth-order valence-electron chi connectivity index (χ4n) is 4.81. The minimum atomic E-state index is -0.0920. The Balaban J connectivity index is 1.39. The summed E-state index contributed by atoms with van der Waals surface area (Å²) in [6, 6.07) is 0.284. The van der Waals surface area contributed by atoms with Gasteiger partial charge in [-0.2, -0.15) is 15.3 Å². The highest BCUT2D eigenvalue weighted by molar-refractivity contribution is 5.83. The number of fused-ring (bicyclic) bond motifs is 1. The standard InChI is InChI=1S/C25H33N9O/c1-5-20(6-2)33-15-19(13-29-33)23-24-17(3)11-28-34(24)16-22(30-23)18-12-27-32(14-18)10-8-26-21-7-9-31(4)25(21)35/h11-16,20-21,26H,5-10H2,1-4H3/t21-/m0/s1. The van der Waals surface area contributed by atoms with Crippen LogP contribution in [0, 0.1) is 6.92 Å². The lowest BCUT2D eigenvalue weighted by atomic mass is 10.1. The Labute approximate surface area is 204 Å². The van der Waals surface area contributed by atoms with Gasteiger partial charge in [-0.05, 0) is 31.7 Å². The first-order chi connectivity index (χ1) is 17.0. The van der Waals surface area contributed by atoms with E-state index in [-0.39, 0.29) is 11.9 Å². The number of aryl methyl sites for hydroxylation is 1. The summed E-state index contributed by atoms with van der Waals surface area (Å²) >= 11 is 0. The zero-order valence-corrected chi connectivity index (χ0v) is 20.8. The number of nitrogens with zero attached hydrogens (tertiary/aromatic N) is 8. The van der Waals surface area contributed by atoms with Gasteiger partial charge in [0.2, 0.25) is 5.91 Å². The third-order valence-electron chi connectivity index (χ3n) is 6.96. The summed E-state index contributed by atoms with van der Waals surface area (Å²) in [7, 11) is 1.85. The van der Waals surface area contributed by atoms with Crippen LogP contribution in [0.3, 0.4) is 0 Å². The third kappa shape index (κ3) is 4.45. The van der Waals surface area contributed by atoms with Gasteiger partial charge < -0.3 is 10.2 Å². The fraction of sp³-hybridized carbons (Fsp3) is 0.480. The highest BCUT2D eigenvalue weighted by Gasteiger charge is 2.28. The Morgan fingerprint density at radius 1 is 1.06 bits per heavy atom. The zero-order valence-electron chi connectivity index (χ0n) is 20.8. The average Bonchev–Trinajstić information content (AvgIpc) is 3.65. The van der Waals surface area contributed by atoms with Crippen LogP contribution in [0.25, 0.3) is 28.0 Å². The number of aromatic nitrogens is 7. The third-order valence-corrected chi connectivity index (χ3v) is 6.96. The number of amides is 1. The molecule has 0 aromatic carbocycles. The van der Waals surface area contributed by atoms with Gasteiger partial charge in [-0.15, -0.1) is 0 Å². The quantitative estimate of drug-likeness (QED) is 0.400. The summed E-state index contributed by atoms with van der Waals surface area (Å²) in [5.74, 6) is 0.165. The molecule has 184 valence electrons. The molecule has 5 heterocycles. The predicted molar refractivity (Wildman–Crippen MR) is 134 cm³/mol. The topological polar surface area (TPSA) is 98.2 Å². The van der Waals surface area contributed by atoms with Gasteiger partial charge in [-0.25, -0.2) is 9.50 Å². The fourth-order valence-corrected chi connectivity index (χ4v) is 4.81. The largest absolute Gasteiger partial charge is 0.344 e. The second-order valence-electron chi connectivity index (χ2n) is 9.32. The van der Waals surface area contributed by atoms with Crippen LogP contribution < -0.4 is 5.32 Å². The molecule has 1 aliphatic heterocycles. The van der Waals surface area contributed by atoms with Crippen molar-refractivity contribution in [3.05, 3.63) is 42.7 Å². The van der Waals surface area contributed by atoms with Gasteiger partial charge in [0.05, 0.1) is 54.6 Å². The molecule has 10 heteroatoms. The van der Waals surface area contributed by atoms with Gasteiger partial charge in [-0.1, -0.05) is 13.8 Å². The smallest absolute Gasteiger partial charge is 0.239 e. The highest BCUT2D eigenvalue weighted by atomic mass is 16.2. The van der Waals surface area contributed by atoms with E-state index in [0.29, 0.717) is 19.1 Å². The summed E-state index contributed by atoms with van der Waals surface area (Å²) in [5, 5.41) is 17.1. The van der Waals surface area contributed by atoms with E-state index in [4.69, 9.17) is 4.98 Å². The molecule has 4 aromatic heterocycles. The first-order valence-corrected chi connectivity index (χ1v) is 12.4. The van der Waals surface area contributed by atoms with E-state index in [1.807, 2.05) is 51.9 Å².